The quantitative estimate of drug-likeness (QED) is 0.886. The third kappa shape index (κ3) is 3.64. The SMILES string of the molecule is CC(C)C(N)CC(=O)CC1OCCc2ccccc21. The number of Topliss-reactive ketones (excluding diaryl/α,β-unsaturated/α-hetero) is 1. The van der Waals surface area contributed by atoms with Crippen LogP contribution in [-0.4, -0.2) is 18.4 Å². The van der Waals surface area contributed by atoms with Gasteiger partial charge in [-0.15, -0.1) is 0 Å². The molecule has 2 N–H and O–H groups in total. The second-order valence-electron chi connectivity index (χ2n) is 5.66. The average molecular weight is 261 g/mol. The van der Waals surface area contributed by atoms with Crippen LogP contribution in [0.15, 0.2) is 24.3 Å². The molecule has 0 radical (unpaired) electrons. The third-order valence-corrected chi connectivity index (χ3v) is 3.83. The van der Waals surface area contributed by atoms with Crippen LogP contribution in [0.5, 0.6) is 0 Å². The Morgan fingerprint density at radius 1 is 1.42 bits per heavy atom. The first-order valence-electron chi connectivity index (χ1n) is 7.04. The zero-order chi connectivity index (χ0) is 13.8. The average Bonchev–Trinajstić information content (AvgIpc) is 2.39. The molecule has 0 saturated carbocycles. The van der Waals surface area contributed by atoms with E-state index < -0.39 is 0 Å². The normalized spacial score (nSPS) is 20.1. The van der Waals surface area contributed by atoms with Crippen LogP contribution >= 0.6 is 0 Å². The van der Waals surface area contributed by atoms with Crippen LogP contribution < -0.4 is 5.73 Å². The molecule has 2 atom stereocenters. The van der Waals surface area contributed by atoms with Crippen LogP contribution in [-0.2, 0) is 16.0 Å². The molecule has 2 rings (SSSR count). The third-order valence-electron chi connectivity index (χ3n) is 3.83. The maximum absolute atomic E-state index is 12.1. The van der Waals surface area contributed by atoms with Gasteiger partial charge in [0.1, 0.15) is 5.78 Å². The molecule has 1 aliphatic heterocycles. The van der Waals surface area contributed by atoms with E-state index in [2.05, 4.69) is 12.1 Å². The maximum atomic E-state index is 12.1. The highest BCUT2D eigenvalue weighted by molar-refractivity contribution is 5.79. The van der Waals surface area contributed by atoms with Crippen molar-refractivity contribution in [1.29, 1.82) is 0 Å². The molecular weight excluding hydrogens is 238 g/mol. The van der Waals surface area contributed by atoms with E-state index in [0.717, 1.165) is 6.42 Å². The van der Waals surface area contributed by atoms with E-state index in [1.807, 2.05) is 26.0 Å². The molecule has 19 heavy (non-hydrogen) atoms. The summed E-state index contributed by atoms with van der Waals surface area (Å²) < 4.78 is 5.76. The number of fused-ring (bicyclic) bond motifs is 1. The summed E-state index contributed by atoms with van der Waals surface area (Å²) in [4.78, 5) is 12.1. The lowest BCUT2D eigenvalue weighted by Crippen LogP contribution is -2.30. The molecule has 2 unspecified atom stereocenters. The van der Waals surface area contributed by atoms with Crippen molar-refractivity contribution < 1.29 is 9.53 Å². The van der Waals surface area contributed by atoms with E-state index in [1.54, 1.807) is 0 Å². The summed E-state index contributed by atoms with van der Waals surface area (Å²) in [6.07, 6.45) is 1.74. The van der Waals surface area contributed by atoms with Gasteiger partial charge < -0.3 is 10.5 Å². The van der Waals surface area contributed by atoms with Gasteiger partial charge in [-0.25, -0.2) is 0 Å². The monoisotopic (exact) mass is 261 g/mol. The van der Waals surface area contributed by atoms with E-state index in [4.69, 9.17) is 10.5 Å². The molecule has 1 aromatic carbocycles. The van der Waals surface area contributed by atoms with Crippen LogP contribution in [0.25, 0.3) is 0 Å². The second kappa shape index (κ2) is 6.31. The highest BCUT2D eigenvalue weighted by Gasteiger charge is 2.24. The summed E-state index contributed by atoms with van der Waals surface area (Å²) in [6, 6.07) is 8.18. The number of rotatable bonds is 5. The zero-order valence-electron chi connectivity index (χ0n) is 11.8. The van der Waals surface area contributed by atoms with Crippen molar-refractivity contribution in [1.82, 2.24) is 0 Å². The van der Waals surface area contributed by atoms with Gasteiger partial charge in [0.2, 0.25) is 0 Å². The number of ether oxygens (including phenoxy) is 1. The molecular formula is C16H23NO2. The Labute approximate surface area is 115 Å². The van der Waals surface area contributed by atoms with Crippen molar-refractivity contribution in [3.05, 3.63) is 35.4 Å². The molecule has 0 spiro atoms. The summed E-state index contributed by atoms with van der Waals surface area (Å²) in [5.74, 6) is 0.534. The van der Waals surface area contributed by atoms with Gasteiger partial charge in [-0.1, -0.05) is 38.1 Å². The highest BCUT2D eigenvalue weighted by Crippen LogP contribution is 2.30. The lowest BCUT2D eigenvalue weighted by atomic mass is 9.92. The fraction of sp³-hybridized carbons (Fsp3) is 0.562. The predicted octanol–water partition coefficient (Wildman–Crippen LogP) is 2.63. The van der Waals surface area contributed by atoms with Gasteiger partial charge in [-0.05, 0) is 23.5 Å². The van der Waals surface area contributed by atoms with E-state index in [1.165, 1.54) is 11.1 Å². The predicted molar refractivity (Wildman–Crippen MR) is 75.9 cm³/mol. The minimum Gasteiger partial charge on any atom is -0.373 e. The molecule has 1 heterocycles. The Bertz CT molecular complexity index is 442. The van der Waals surface area contributed by atoms with Crippen molar-refractivity contribution in [2.24, 2.45) is 11.7 Å². The van der Waals surface area contributed by atoms with E-state index >= 15 is 0 Å². The first kappa shape index (κ1) is 14.2. The van der Waals surface area contributed by atoms with Crippen molar-refractivity contribution in [2.75, 3.05) is 6.61 Å². The topological polar surface area (TPSA) is 52.3 Å². The Balaban J connectivity index is 1.99. The summed E-state index contributed by atoms with van der Waals surface area (Å²) in [5.41, 5.74) is 8.43. The molecule has 3 heteroatoms. The van der Waals surface area contributed by atoms with Crippen LogP contribution in [0.3, 0.4) is 0 Å². The minimum atomic E-state index is -0.0863. The van der Waals surface area contributed by atoms with E-state index in [-0.39, 0.29) is 17.9 Å². The molecule has 1 aliphatic rings. The van der Waals surface area contributed by atoms with Gasteiger partial charge in [0.05, 0.1) is 12.7 Å². The van der Waals surface area contributed by atoms with E-state index in [0.29, 0.717) is 25.4 Å². The largest absolute Gasteiger partial charge is 0.373 e. The molecule has 0 fully saturated rings. The molecule has 3 nitrogen and oxygen atoms in total. The number of benzene rings is 1. The van der Waals surface area contributed by atoms with Crippen molar-refractivity contribution in [2.45, 2.75) is 45.3 Å². The lowest BCUT2D eigenvalue weighted by Gasteiger charge is -2.26. The summed E-state index contributed by atoms with van der Waals surface area (Å²) >= 11 is 0. The van der Waals surface area contributed by atoms with Gasteiger partial charge in [-0.2, -0.15) is 0 Å². The fourth-order valence-electron chi connectivity index (χ4n) is 2.43. The maximum Gasteiger partial charge on any atom is 0.137 e. The van der Waals surface area contributed by atoms with Crippen molar-refractivity contribution in [3.8, 4) is 0 Å². The summed E-state index contributed by atoms with van der Waals surface area (Å²) in [7, 11) is 0. The molecule has 0 aliphatic carbocycles. The van der Waals surface area contributed by atoms with Gasteiger partial charge in [0.15, 0.2) is 0 Å². The highest BCUT2D eigenvalue weighted by atomic mass is 16.5. The molecule has 0 bridgehead atoms. The van der Waals surface area contributed by atoms with Crippen molar-refractivity contribution >= 4 is 5.78 Å². The first-order valence-corrected chi connectivity index (χ1v) is 7.04. The summed E-state index contributed by atoms with van der Waals surface area (Å²) in [6.45, 7) is 4.79. The van der Waals surface area contributed by atoms with Gasteiger partial charge >= 0.3 is 0 Å². The number of ketones is 1. The van der Waals surface area contributed by atoms with Crippen LogP contribution in [0.2, 0.25) is 0 Å². The van der Waals surface area contributed by atoms with Crippen LogP contribution in [0.4, 0.5) is 0 Å². The Morgan fingerprint density at radius 2 is 2.16 bits per heavy atom. The Kier molecular flexibility index (Phi) is 4.72. The molecule has 0 aromatic heterocycles. The Morgan fingerprint density at radius 3 is 2.89 bits per heavy atom. The number of hydrogen-bond acceptors (Lipinski definition) is 3. The second-order valence-corrected chi connectivity index (χ2v) is 5.66. The molecule has 0 amide bonds. The standard InChI is InChI=1S/C16H23NO2/c1-11(2)15(17)9-13(18)10-16-14-6-4-3-5-12(14)7-8-19-16/h3-6,11,15-16H,7-10,17H2,1-2H3. The number of hydrogen-bond donors (Lipinski definition) is 1. The fourth-order valence-corrected chi connectivity index (χ4v) is 2.43. The minimum absolute atomic E-state index is 0.0497. The molecule has 0 saturated heterocycles. The van der Waals surface area contributed by atoms with Crippen molar-refractivity contribution in [3.63, 3.8) is 0 Å². The smallest absolute Gasteiger partial charge is 0.137 e. The zero-order valence-corrected chi connectivity index (χ0v) is 11.8. The number of carbonyl (C=O) groups excluding carboxylic acids is 1. The summed E-state index contributed by atoms with van der Waals surface area (Å²) in [5, 5.41) is 0. The first-order chi connectivity index (χ1) is 9.08. The Hall–Kier alpha value is -1.19. The molecule has 104 valence electrons. The van der Waals surface area contributed by atoms with Gasteiger partial charge in [0.25, 0.3) is 0 Å². The van der Waals surface area contributed by atoms with Gasteiger partial charge in [-0.3, -0.25) is 4.79 Å². The number of nitrogens with two attached hydrogens (primary N) is 1. The molecule has 1 aromatic rings. The van der Waals surface area contributed by atoms with Crippen LogP contribution in [0.1, 0.15) is 43.9 Å². The van der Waals surface area contributed by atoms with Gasteiger partial charge in [0, 0.05) is 18.9 Å². The lowest BCUT2D eigenvalue weighted by molar-refractivity contribution is -0.122. The number of carbonyl (C=O) groups is 1. The van der Waals surface area contributed by atoms with E-state index in [9.17, 15) is 4.79 Å². The van der Waals surface area contributed by atoms with Crippen LogP contribution in [0, 0.1) is 5.92 Å².